The molecule has 2 aromatic carbocycles. The van der Waals surface area contributed by atoms with Gasteiger partial charge in [-0.05, 0) is 18.6 Å². The predicted molar refractivity (Wildman–Crippen MR) is 129 cm³/mol. The minimum Gasteiger partial charge on any atom is -0.462 e. The van der Waals surface area contributed by atoms with Crippen molar-refractivity contribution in [3.63, 3.8) is 0 Å². The molecule has 0 saturated heterocycles. The lowest BCUT2D eigenvalue weighted by Crippen LogP contribution is -2.27. The topological polar surface area (TPSA) is 52.6 Å². The summed E-state index contributed by atoms with van der Waals surface area (Å²) < 4.78 is 50.8. The van der Waals surface area contributed by atoms with Crippen molar-refractivity contribution < 1.29 is 32.2 Å². The Bertz CT molecular complexity index is 897. The number of hydrogen-bond acceptors (Lipinski definition) is 4. The quantitative estimate of drug-likeness (QED) is 0.186. The van der Waals surface area contributed by atoms with E-state index in [1.807, 2.05) is 0 Å². The van der Waals surface area contributed by atoms with Gasteiger partial charge in [-0.3, -0.25) is 0 Å². The zero-order valence-corrected chi connectivity index (χ0v) is 20.3. The summed E-state index contributed by atoms with van der Waals surface area (Å²) in [5, 5.41) is 0. The van der Waals surface area contributed by atoms with Crippen LogP contribution < -0.4 is 0 Å². The monoisotopic (exact) mass is 492 g/mol. The third kappa shape index (κ3) is 10.1. The van der Waals surface area contributed by atoms with Gasteiger partial charge in [-0.2, -0.15) is 13.2 Å². The molecule has 0 saturated carbocycles. The van der Waals surface area contributed by atoms with E-state index in [0.717, 1.165) is 19.3 Å². The Hall–Kier alpha value is -2.83. The summed E-state index contributed by atoms with van der Waals surface area (Å²) in [5.41, 5.74) is -0.571. The van der Waals surface area contributed by atoms with Crippen LogP contribution in [0, 0.1) is 0 Å². The van der Waals surface area contributed by atoms with Gasteiger partial charge < -0.3 is 9.47 Å². The molecule has 0 amide bonds. The number of alkyl halides is 3. The number of hydrogen-bond donors (Lipinski definition) is 0. The van der Waals surface area contributed by atoms with E-state index in [9.17, 15) is 22.8 Å². The van der Waals surface area contributed by atoms with Crippen molar-refractivity contribution in [2.75, 3.05) is 6.61 Å². The molecule has 2 rings (SSSR count). The molecule has 0 bridgehead atoms. The Kier molecular flexibility index (Phi) is 12.4. The summed E-state index contributed by atoms with van der Waals surface area (Å²) in [6.45, 7) is 2.39. The molecule has 1 unspecified atom stereocenters. The average molecular weight is 493 g/mol. The summed E-state index contributed by atoms with van der Waals surface area (Å²) in [6, 6.07) is 12.5. The molecule has 0 radical (unpaired) electrons. The molecule has 192 valence electrons. The molecule has 0 aliphatic carbocycles. The predicted octanol–water partition coefficient (Wildman–Crippen LogP) is 8.22. The number of unbranched alkanes of at least 4 members (excludes halogenated alkanes) is 9. The smallest absolute Gasteiger partial charge is 0.429 e. The highest BCUT2D eigenvalue weighted by molar-refractivity contribution is 6.03. The lowest BCUT2D eigenvalue weighted by Gasteiger charge is -2.21. The van der Waals surface area contributed by atoms with Crippen LogP contribution in [0.15, 0.2) is 54.6 Å². The minimum atomic E-state index is -4.80. The molecule has 0 aromatic heterocycles. The van der Waals surface area contributed by atoms with Crippen molar-refractivity contribution in [1.29, 1.82) is 0 Å². The van der Waals surface area contributed by atoms with E-state index < -0.39 is 24.2 Å². The van der Waals surface area contributed by atoms with Gasteiger partial charge in [0.2, 0.25) is 6.10 Å². The Balaban J connectivity index is 1.85. The van der Waals surface area contributed by atoms with Crippen LogP contribution in [-0.4, -0.2) is 24.7 Å². The van der Waals surface area contributed by atoms with Crippen molar-refractivity contribution in [2.24, 2.45) is 0 Å². The molecule has 1 atom stereocenters. The third-order valence-electron chi connectivity index (χ3n) is 5.72. The Labute approximate surface area is 205 Å². The summed E-state index contributed by atoms with van der Waals surface area (Å²) in [6.07, 6.45) is 4.16. The number of halogens is 3. The molecular formula is C28H35F3O4. The zero-order chi connectivity index (χ0) is 25.5. The van der Waals surface area contributed by atoms with Crippen LogP contribution in [0.3, 0.4) is 0 Å². The molecular weight excluding hydrogens is 457 g/mol. The van der Waals surface area contributed by atoms with E-state index in [1.165, 1.54) is 87.1 Å². The van der Waals surface area contributed by atoms with Crippen LogP contribution in [0.5, 0.6) is 0 Å². The number of carbonyl (C=O) groups is 2. The summed E-state index contributed by atoms with van der Waals surface area (Å²) in [7, 11) is 0. The highest BCUT2D eigenvalue weighted by Gasteiger charge is 2.44. The van der Waals surface area contributed by atoms with Crippen LogP contribution in [-0.2, 0) is 9.47 Å². The molecule has 4 nitrogen and oxygen atoms in total. The maximum atomic E-state index is 13.6. The largest absolute Gasteiger partial charge is 0.462 e. The van der Waals surface area contributed by atoms with Crippen LogP contribution in [0.4, 0.5) is 13.2 Å². The van der Waals surface area contributed by atoms with Gasteiger partial charge in [0.25, 0.3) is 0 Å². The summed E-state index contributed by atoms with van der Waals surface area (Å²) in [4.78, 5) is 25.2. The zero-order valence-electron chi connectivity index (χ0n) is 20.3. The second kappa shape index (κ2) is 15.2. The van der Waals surface area contributed by atoms with E-state index >= 15 is 0 Å². The van der Waals surface area contributed by atoms with Crippen molar-refractivity contribution in [2.45, 2.75) is 83.4 Å². The van der Waals surface area contributed by atoms with Gasteiger partial charge in [0.1, 0.15) is 0 Å². The number of carbonyl (C=O) groups excluding carboxylic acids is 2. The maximum Gasteiger partial charge on any atom is 0.429 e. The fourth-order valence-electron chi connectivity index (χ4n) is 3.79. The average Bonchev–Trinajstić information content (AvgIpc) is 2.85. The van der Waals surface area contributed by atoms with Crippen molar-refractivity contribution in [1.82, 2.24) is 0 Å². The first-order valence-corrected chi connectivity index (χ1v) is 12.4. The van der Waals surface area contributed by atoms with Crippen LogP contribution in [0.25, 0.3) is 0 Å². The second-order valence-corrected chi connectivity index (χ2v) is 8.60. The molecule has 35 heavy (non-hydrogen) atoms. The maximum absolute atomic E-state index is 13.6. The van der Waals surface area contributed by atoms with E-state index in [1.54, 1.807) is 6.07 Å². The van der Waals surface area contributed by atoms with Crippen LogP contribution in [0.1, 0.15) is 104 Å². The summed E-state index contributed by atoms with van der Waals surface area (Å²) in [5.74, 6) is -1.99. The molecule has 0 fully saturated rings. The fraction of sp³-hybridized carbons (Fsp3) is 0.500. The van der Waals surface area contributed by atoms with Gasteiger partial charge >= 0.3 is 18.1 Å². The minimum absolute atomic E-state index is 0.112. The first-order valence-electron chi connectivity index (χ1n) is 12.4. The van der Waals surface area contributed by atoms with Crippen molar-refractivity contribution in [3.8, 4) is 0 Å². The van der Waals surface area contributed by atoms with Crippen molar-refractivity contribution >= 4 is 11.9 Å². The normalized spacial score (nSPS) is 12.2. The van der Waals surface area contributed by atoms with Gasteiger partial charge in [-0.1, -0.05) is 107 Å². The number of rotatable bonds is 15. The highest BCUT2D eigenvalue weighted by Crippen LogP contribution is 2.36. The Morgan fingerprint density at radius 2 is 1.20 bits per heavy atom. The van der Waals surface area contributed by atoms with E-state index in [0.29, 0.717) is 6.42 Å². The molecule has 0 heterocycles. The van der Waals surface area contributed by atoms with Crippen LogP contribution >= 0.6 is 0 Å². The van der Waals surface area contributed by atoms with E-state index in [-0.39, 0.29) is 23.3 Å². The summed E-state index contributed by atoms with van der Waals surface area (Å²) >= 11 is 0. The fourth-order valence-corrected chi connectivity index (χ4v) is 3.79. The SMILES string of the molecule is CCCCCCCCCCCCOC(=O)c1ccccc1C(=O)OC(c1ccccc1)C(F)(F)F. The number of ether oxygens (including phenoxy) is 2. The highest BCUT2D eigenvalue weighted by atomic mass is 19.4. The van der Waals surface area contributed by atoms with Crippen LogP contribution in [0.2, 0.25) is 0 Å². The first-order chi connectivity index (χ1) is 16.8. The molecule has 0 aliphatic rings. The first kappa shape index (κ1) is 28.4. The molecule has 2 aromatic rings. The molecule has 7 heteroatoms. The van der Waals surface area contributed by atoms with Gasteiger partial charge in [-0.15, -0.1) is 0 Å². The van der Waals surface area contributed by atoms with Gasteiger partial charge in [0.15, 0.2) is 0 Å². The molecule has 0 spiro atoms. The van der Waals surface area contributed by atoms with Gasteiger partial charge in [0.05, 0.1) is 17.7 Å². The number of esters is 2. The third-order valence-corrected chi connectivity index (χ3v) is 5.72. The lowest BCUT2D eigenvalue weighted by molar-refractivity contribution is -0.207. The van der Waals surface area contributed by atoms with Gasteiger partial charge in [-0.25, -0.2) is 9.59 Å². The van der Waals surface area contributed by atoms with E-state index in [4.69, 9.17) is 9.47 Å². The Morgan fingerprint density at radius 3 is 1.74 bits per heavy atom. The van der Waals surface area contributed by atoms with Gasteiger partial charge in [0, 0.05) is 5.56 Å². The lowest BCUT2D eigenvalue weighted by atomic mass is 10.1. The standard InChI is InChI=1S/C28H35F3O4/c1-2-3-4-5-6-7-8-9-10-16-21-34-26(32)23-19-14-15-20-24(23)27(33)35-25(28(29,30)31)22-17-12-11-13-18-22/h11-15,17-20,25H,2-10,16,21H2,1H3. The number of benzene rings is 2. The molecule has 0 aliphatic heterocycles. The van der Waals surface area contributed by atoms with Crippen molar-refractivity contribution in [3.05, 3.63) is 71.3 Å². The second-order valence-electron chi connectivity index (χ2n) is 8.60. The molecule has 0 N–H and O–H groups in total. The van der Waals surface area contributed by atoms with E-state index in [2.05, 4.69) is 6.92 Å². The Morgan fingerprint density at radius 1 is 0.714 bits per heavy atom.